The first-order chi connectivity index (χ1) is 13.6. The van der Waals surface area contributed by atoms with Crippen LogP contribution in [0.25, 0.3) is 11.3 Å². The predicted octanol–water partition coefficient (Wildman–Crippen LogP) is 3.04. The summed E-state index contributed by atoms with van der Waals surface area (Å²) in [5.74, 6) is 0.0495. The van der Waals surface area contributed by atoms with Gasteiger partial charge in [0, 0.05) is 12.1 Å². The van der Waals surface area contributed by atoms with Gasteiger partial charge in [0.25, 0.3) is 0 Å². The summed E-state index contributed by atoms with van der Waals surface area (Å²) in [7, 11) is 1.58. The SMILES string of the molecule is COc1ccc(-c2onc(NCC3CC4(CCNCC4)CO3)c2C(=O)O)cc1.Cl. The number of ether oxygens (including phenoxy) is 2. The van der Waals surface area contributed by atoms with Crippen LogP contribution in [-0.4, -0.2) is 55.7 Å². The van der Waals surface area contributed by atoms with E-state index in [1.807, 2.05) is 0 Å². The van der Waals surface area contributed by atoms with E-state index < -0.39 is 5.97 Å². The van der Waals surface area contributed by atoms with Crippen LogP contribution in [0.15, 0.2) is 28.8 Å². The number of hydrogen-bond donors (Lipinski definition) is 3. The van der Waals surface area contributed by atoms with E-state index in [4.69, 9.17) is 14.0 Å². The highest BCUT2D eigenvalue weighted by Gasteiger charge is 2.40. The molecule has 1 aromatic carbocycles. The van der Waals surface area contributed by atoms with Crippen LogP contribution in [0.1, 0.15) is 29.6 Å². The molecule has 3 N–H and O–H groups in total. The molecule has 2 saturated heterocycles. The maximum atomic E-state index is 11.8. The first-order valence-electron chi connectivity index (χ1n) is 9.54. The van der Waals surface area contributed by atoms with Gasteiger partial charge in [-0.25, -0.2) is 4.79 Å². The van der Waals surface area contributed by atoms with Crippen LogP contribution in [0.3, 0.4) is 0 Å². The number of halogens is 1. The van der Waals surface area contributed by atoms with E-state index in [2.05, 4.69) is 15.8 Å². The van der Waals surface area contributed by atoms with Crippen molar-refractivity contribution >= 4 is 24.2 Å². The number of rotatable bonds is 6. The maximum Gasteiger partial charge on any atom is 0.343 e. The minimum Gasteiger partial charge on any atom is -0.497 e. The molecule has 4 rings (SSSR count). The Labute approximate surface area is 175 Å². The van der Waals surface area contributed by atoms with Crippen molar-refractivity contribution in [2.45, 2.75) is 25.4 Å². The van der Waals surface area contributed by atoms with Gasteiger partial charge in [0.05, 0.1) is 19.8 Å². The Kier molecular flexibility index (Phi) is 6.66. The van der Waals surface area contributed by atoms with Gasteiger partial charge in [0.2, 0.25) is 0 Å². The summed E-state index contributed by atoms with van der Waals surface area (Å²) in [6, 6.07) is 7.00. The third kappa shape index (κ3) is 4.49. The van der Waals surface area contributed by atoms with Crippen molar-refractivity contribution in [2.24, 2.45) is 5.41 Å². The number of nitrogens with one attached hydrogen (secondary N) is 2. The average molecular weight is 424 g/mol. The number of piperidine rings is 1. The van der Waals surface area contributed by atoms with Crippen LogP contribution < -0.4 is 15.4 Å². The molecule has 0 saturated carbocycles. The highest BCUT2D eigenvalue weighted by Crippen LogP contribution is 2.40. The topological polar surface area (TPSA) is 106 Å². The molecule has 2 aliphatic rings. The van der Waals surface area contributed by atoms with Gasteiger partial charge in [-0.05, 0) is 62.0 Å². The Bertz CT molecular complexity index is 833. The Morgan fingerprint density at radius 3 is 2.72 bits per heavy atom. The lowest BCUT2D eigenvalue weighted by molar-refractivity contribution is 0.0697. The summed E-state index contributed by atoms with van der Waals surface area (Å²) in [4.78, 5) is 11.8. The van der Waals surface area contributed by atoms with Crippen molar-refractivity contribution in [3.63, 3.8) is 0 Å². The third-order valence-electron chi connectivity index (χ3n) is 5.71. The largest absolute Gasteiger partial charge is 0.497 e. The Balaban J connectivity index is 0.00000240. The van der Waals surface area contributed by atoms with Crippen LogP contribution >= 0.6 is 12.4 Å². The summed E-state index contributed by atoms with van der Waals surface area (Å²) in [6.07, 6.45) is 3.26. The summed E-state index contributed by atoms with van der Waals surface area (Å²) >= 11 is 0. The number of anilines is 1. The van der Waals surface area contributed by atoms with Gasteiger partial charge in [0.1, 0.15) is 5.75 Å². The van der Waals surface area contributed by atoms with Gasteiger partial charge in [-0.15, -0.1) is 12.4 Å². The van der Waals surface area contributed by atoms with E-state index in [1.165, 1.54) is 0 Å². The molecule has 1 atom stereocenters. The molecule has 158 valence electrons. The molecule has 2 fully saturated rings. The zero-order chi connectivity index (χ0) is 19.6. The molecule has 1 spiro atoms. The molecule has 1 unspecified atom stereocenters. The number of carboxylic acid groups (broad SMARTS) is 1. The van der Waals surface area contributed by atoms with Gasteiger partial charge < -0.3 is 29.7 Å². The second-order valence-electron chi connectivity index (χ2n) is 7.54. The lowest BCUT2D eigenvalue weighted by Gasteiger charge is -2.32. The molecule has 8 nitrogen and oxygen atoms in total. The molecule has 2 aliphatic heterocycles. The Hall–Kier alpha value is -2.29. The van der Waals surface area contributed by atoms with Gasteiger partial charge in [-0.3, -0.25) is 0 Å². The van der Waals surface area contributed by atoms with E-state index in [-0.39, 0.29) is 41.1 Å². The van der Waals surface area contributed by atoms with Crippen molar-refractivity contribution in [3.8, 4) is 17.1 Å². The molecular weight excluding hydrogens is 398 g/mol. The van der Waals surface area contributed by atoms with Crippen molar-refractivity contribution in [2.75, 3.05) is 38.7 Å². The molecule has 29 heavy (non-hydrogen) atoms. The van der Waals surface area contributed by atoms with Crippen LogP contribution in [0.5, 0.6) is 5.75 Å². The minimum absolute atomic E-state index is 0. The summed E-state index contributed by atoms with van der Waals surface area (Å²) in [5.41, 5.74) is 0.912. The molecule has 0 bridgehead atoms. The van der Waals surface area contributed by atoms with Crippen LogP contribution in [0.4, 0.5) is 5.82 Å². The van der Waals surface area contributed by atoms with Crippen LogP contribution in [0.2, 0.25) is 0 Å². The van der Waals surface area contributed by atoms with Gasteiger partial charge in [0.15, 0.2) is 17.1 Å². The fraction of sp³-hybridized carbons (Fsp3) is 0.500. The molecule has 2 aromatic rings. The molecule has 0 radical (unpaired) electrons. The molecule has 9 heteroatoms. The van der Waals surface area contributed by atoms with Crippen molar-refractivity contribution in [3.05, 3.63) is 29.8 Å². The summed E-state index contributed by atoms with van der Waals surface area (Å²) < 4.78 is 16.5. The quantitative estimate of drug-likeness (QED) is 0.651. The second-order valence-corrected chi connectivity index (χ2v) is 7.54. The number of carboxylic acids is 1. The molecule has 3 heterocycles. The highest BCUT2D eigenvalue weighted by molar-refractivity contribution is 5.99. The Morgan fingerprint density at radius 1 is 1.34 bits per heavy atom. The number of aromatic carboxylic acids is 1. The smallest absolute Gasteiger partial charge is 0.343 e. The number of nitrogens with zero attached hydrogens (tertiary/aromatic N) is 1. The minimum atomic E-state index is -1.09. The lowest BCUT2D eigenvalue weighted by Crippen LogP contribution is -2.37. The van der Waals surface area contributed by atoms with Crippen LogP contribution in [0, 0.1) is 5.41 Å². The van der Waals surface area contributed by atoms with Crippen molar-refractivity contribution < 1.29 is 23.9 Å². The zero-order valence-corrected chi connectivity index (χ0v) is 17.1. The number of methoxy groups -OCH3 is 1. The fourth-order valence-corrected chi connectivity index (χ4v) is 4.09. The summed E-state index contributed by atoms with van der Waals surface area (Å²) in [6.45, 7) is 3.33. The maximum absolute atomic E-state index is 11.8. The van der Waals surface area contributed by atoms with Gasteiger partial charge >= 0.3 is 5.97 Å². The number of hydrogen-bond acceptors (Lipinski definition) is 7. The zero-order valence-electron chi connectivity index (χ0n) is 16.3. The molecule has 0 amide bonds. The van der Waals surface area contributed by atoms with E-state index in [9.17, 15) is 9.90 Å². The van der Waals surface area contributed by atoms with Crippen molar-refractivity contribution in [1.29, 1.82) is 0 Å². The monoisotopic (exact) mass is 423 g/mol. The lowest BCUT2D eigenvalue weighted by atomic mass is 9.77. The fourth-order valence-electron chi connectivity index (χ4n) is 4.09. The van der Waals surface area contributed by atoms with Gasteiger partial charge in [-0.1, -0.05) is 5.16 Å². The molecular formula is C20H26ClN3O5. The highest BCUT2D eigenvalue weighted by atomic mass is 35.5. The average Bonchev–Trinajstić information content (AvgIpc) is 3.31. The first-order valence-corrected chi connectivity index (χ1v) is 9.54. The van der Waals surface area contributed by atoms with E-state index in [1.54, 1.807) is 31.4 Å². The van der Waals surface area contributed by atoms with Crippen molar-refractivity contribution in [1.82, 2.24) is 10.5 Å². The van der Waals surface area contributed by atoms with E-state index in [0.29, 0.717) is 17.9 Å². The molecule has 0 aliphatic carbocycles. The number of aromatic nitrogens is 1. The summed E-state index contributed by atoms with van der Waals surface area (Å²) in [5, 5.41) is 20.2. The number of benzene rings is 1. The predicted molar refractivity (Wildman–Crippen MR) is 110 cm³/mol. The van der Waals surface area contributed by atoms with E-state index >= 15 is 0 Å². The third-order valence-corrected chi connectivity index (χ3v) is 5.71. The second kappa shape index (κ2) is 9.02. The normalized spacial score (nSPS) is 20.2. The van der Waals surface area contributed by atoms with Gasteiger partial charge in [-0.2, -0.15) is 0 Å². The van der Waals surface area contributed by atoms with E-state index in [0.717, 1.165) is 39.0 Å². The standard InChI is InChI=1S/C20H25N3O5.ClH/c1-26-14-4-2-13(3-5-14)17-16(19(24)25)18(23-28-17)22-11-15-10-20(12-27-15)6-8-21-9-7-20;/h2-5,15,21H,6-12H2,1H3,(H,22,23)(H,24,25);1H. The molecule has 1 aromatic heterocycles. The van der Waals surface area contributed by atoms with Crippen LogP contribution in [-0.2, 0) is 4.74 Å². The Morgan fingerprint density at radius 2 is 2.07 bits per heavy atom. The first kappa shape index (κ1) is 21.4. The number of carbonyl (C=O) groups is 1.